The van der Waals surface area contributed by atoms with Crippen molar-refractivity contribution in [3.63, 3.8) is 0 Å². The number of fused-ring (bicyclic) bond motifs is 1. The van der Waals surface area contributed by atoms with Gasteiger partial charge in [0.25, 0.3) is 11.6 Å². The van der Waals surface area contributed by atoms with Crippen LogP contribution in [0.1, 0.15) is 33.5 Å². The fourth-order valence-corrected chi connectivity index (χ4v) is 3.05. The van der Waals surface area contributed by atoms with E-state index in [-0.39, 0.29) is 12.0 Å². The normalized spacial score (nSPS) is 17.8. The summed E-state index contributed by atoms with van der Waals surface area (Å²) in [5, 5.41) is 4.60. The Morgan fingerprint density at radius 2 is 2.20 bits per heavy atom. The number of nitrogens with zero attached hydrogens (tertiary/aromatic N) is 5. The van der Waals surface area contributed by atoms with Gasteiger partial charge in [0, 0.05) is 24.6 Å². The van der Waals surface area contributed by atoms with Crippen molar-refractivity contribution in [1.82, 2.24) is 25.0 Å². The van der Waals surface area contributed by atoms with E-state index in [1.165, 1.54) is 0 Å². The Balaban J connectivity index is 1.66. The van der Waals surface area contributed by atoms with Gasteiger partial charge in [-0.2, -0.15) is 0 Å². The van der Waals surface area contributed by atoms with Crippen LogP contribution in [-0.2, 0) is 4.74 Å². The van der Waals surface area contributed by atoms with Crippen LogP contribution >= 0.6 is 0 Å². The Kier molecular flexibility index (Phi) is 3.89. The summed E-state index contributed by atoms with van der Waals surface area (Å²) in [6.45, 7) is 5.02. The Hall–Kier alpha value is -2.87. The molecule has 25 heavy (non-hydrogen) atoms. The summed E-state index contributed by atoms with van der Waals surface area (Å²) in [6, 6.07) is 1.78. The number of carbonyl (C=O) groups excluding carboxylic acids is 1. The highest BCUT2D eigenvalue weighted by molar-refractivity contribution is 6.06. The molecule has 0 aliphatic carbocycles. The Morgan fingerprint density at radius 3 is 3.00 bits per heavy atom. The van der Waals surface area contributed by atoms with Crippen LogP contribution in [0.15, 0.2) is 29.2 Å². The zero-order chi connectivity index (χ0) is 17.4. The Bertz CT molecular complexity index is 925. The van der Waals surface area contributed by atoms with Crippen molar-refractivity contribution in [3.05, 3.63) is 47.3 Å². The largest absolute Gasteiger partial charge is 0.368 e. The second kappa shape index (κ2) is 6.21. The highest BCUT2D eigenvalue weighted by Crippen LogP contribution is 2.26. The molecule has 3 aromatic rings. The van der Waals surface area contributed by atoms with Gasteiger partial charge < -0.3 is 14.2 Å². The van der Waals surface area contributed by atoms with Crippen LogP contribution < -0.4 is 0 Å². The number of aryl methyl sites for hydroxylation is 2. The number of pyridine rings is 1. The molecule has 1 fully saturated rings. The predicted molar refractivity (Wildman–Crippen MR) is 87.9 cm³/mol. The highest BCUT2D eigenvalue weighted by atomic mass is 16.5. The van der Waals surface area contributed by atoms with E-state index in [1.807, 2.05) is 6.92 Å². The molecule has 1 amide bonds. The molecular formula is C17H17N5O3. The van der Waals surface area contributed by atoms with Crippen molar-refractivity contribution in [1.29, 1.82) is 0 Å². The Labute approximate surface area is 143 Å². The predicted octanol–water partition coefficient (Wildman–Crippen LogP) is 1.84. The first-order chi connectivity index (χ1) is 12.1. The molecule has 1 aliphatic rings. The molecule has 8 nitrogen and oxygen atoms in total. The maximum Gasteiger partial charge on any atom is 0.258 e. The maximum absolute atomic E-state index is 13.1. The van der Waals surface area contributed by atoms with Crippen LogP contribution in [0.4, 0.5) is 0 Å². The fourth-order valence-electron chi connectivity index (χ4n) is 3.05. The summed E-state index contributed by atoms with van der Waals surface area (Å²) in [7, 11) is 0. The average Bonchev–Trinajstić information content (AvgIpc) is 3.02. The van der Waals surface area contributed by atoms with Gasteiger partial charge in [-0.25, -0.2) is 4.98 Å². The molecule has 4 heterocycles. The second-order valence-electron chi connectivity index (χ2n) is 6.00. The van der Waals surface area contributed by atoms with E-state index < -0.39 is 0 Å². The molecule has 1 saturated heterocycles. The molecule has 0 spiro atoms. The van der Waals surface area contributed by atoms with Gasteiger partial charge in [0.15, 0.2) is 0 Å². The van der Waals surface area contributed by atoms with E-state index in [0.29, 0.717) is 47.7 Å². The zero-order valence-electron chi connectivity index (χ0n) is 14.0. The molecule has 0 aromatic carbocycles. The van der Waals surface area contributed by atoms with Gasteiger partial charge in [-0.05, 0) is 19.9 Å². The topological polar surface area (TPSA) is 94.2 Å². The minimum Gasteiger partial charge on any atom is -0.368 e. The van der Waals surface area contributed by atoms with Crippen molar-refractivity contribution < 1.29 is 14.1 Å². The molecule has 4 rings (SSSR count). The van der Waals surface area contributed by atoms with Crippen molar-refractivity contribution in [2.75, 3.05) is 19.7 Å². The minimum atomic E-state index is -0.284. The van der Waals surface area contributed by atoms with Crippen LogP contribution in [0, 0.1) is 13.8 Å². The number of amides is 1. The molecule has 0 saturated carbocycles. The summed E-state index contributed by atoms with van der Waals surface area (Å²) < 4.78 is 11.0. The summed E-state index contributed by atoms with van der Waals surface area (Å²) in [4.78, 5) is 27.6. The van der Waals surface area contributed by atoms with Gasteiger partial charge >= 0.3 is 0 Å². The molecule has 1 atom stereocenters. The van der Waals surface area contributed by atoms with Crippen molar-refractivity contribution >= 4 is 17.0 Å². The van der Waals surface area contributed by atoms with Gasteiger partial charge in [0.2, 0.25) is 0 Å². The van der Waals surface area contributed by atoms with E-state index in [4.69, 9.17) is 9.26 Å². The lowest BCUT2D eigenvalue weighted by molar-refractivity contribution is -0.0248. The van der Waals surface area contributed by atoms with Crippen LogP contribution in [0.5, 0.6) is 0 Å². The maximum atomic E-state index is 13.1. The fraction of sp³-hybridized carbons (Fsp3) is 0.353. The van der Waals surface area contributed by atoms with Gasteiger partial charge in [-0.1, -0.05) is 5.16 Å². The van der Waals surface area contributed by atoms with E-state index in [9.17, 15) is 4.79 Å². The quantitative estimate of drug-likeness (QED) is 0.703. The van der Waals surface area contributed by atoms with Gasteiger partial charge in [-0.3, -0.25) is 14.8 Å². The third-order valence-corrected chi connectivity index (χ3v) is 4.24. The first-order valence-electron chi connectivity index (χ1n) is 8.04. The lowest BCUT2D eigenvalue weighted by Gasteiger charge is -2.32. The van der Waals surface area contributed by atoms with Crippen molar-refractivity contribution in [3.8, 4) is 0 Å². The van der Waals surface area contributed by atoms with Gasteiger partial charge in [-0.15, -0.1) is 0 Å². The number of morpholine rings is 1. The molecule has 128 valence electrons. The average molecular weight is 339 g/mol. The van der Waals surface area contributed by atoms with E-state index in [1.54, 1.807) is 36.5 Å². The lowest BCUT2D eigenvalue weighted by atomic mass is 10.1. The molecular weight excluding hydrogens is 322 g/mol. The smallest absolute Gasteiger partial charge is 0.258 e. The molecule has 0 radical (unpaired) electrons. The standard InChI is InChI=1S/C17H17N5O3/c1-10-7-12(15-11(2)21-25-16(15)20-10)17(23)22-5-6-24-14(9-22)13-8-18-3-4-19-13/h3-4,7-8,14H,5-6,9H2,1-2H3. The summed E-state index contributed by atoms with van der Waals surface area (Å²) in [6.07, 6.45) is 4.61. The molecule has 0 bridgehead atoms. The van der Waals surface area contributed by atoms with Gasteiger partial charge in [0.05, 0.1) is 41.7 Å². The monoisotopic (exact) mass is 339 g/mol. The lowest BCUT2D eigenvalue weighted by Crippen LogP contribution is -2.42. The molecule has 1 unspecified atom stereocenters. The van der Waals surface area contributed by atoms with E-state index in [2.05, 4.69) is 20.1 Å². The second-order valence-corrected chi connectivity index (χ2v) is 6.00. The third kappa shape index (κ3) is 2.85. The number of hydrogen-bond donors (Lipinski definition) is 0. The third-order valence-electron chi connectivity index (χ3n) is 4.24. The molecule has 1 aliphatic heterocycles. The van der Waals surface area contributed by atoms with Crippen LogP contribution in [0.2, 0.25) is 0 Å². The molecule has 3 aromatic heterocycles. The van der Waals surface area contributed by atoms with E-state index >= 15 is 0 Å². The van der Waals surface area contributed by atoms with Crippen LogP contribution in [0.25, 0.3) is 11.1 Å². The summed E-state index contributed by atoms with van der Waals surface area (Å²) in [5.41, 5.74) is 3.04. The number of ether oxygens (including phenoxy) is 1. The first-order valence-corrected chi connectivity index (χ1v) is 8.04. The minimum absolute atomic E-state index is 0.0843. The number of carbonyl (C=O) groups is 1. The highest BCUT2D eigenvalue weighted by Gasteiger charge is 2.29. The SMILES string of the molecule is Cc1cc(C(=O)N2CCOC(c3cnccn3)C2)c2c(C)noc2n1. The van der Waals surface area contributed by atoms with E-state index in [0.717, 1.165) is 5.69 Å². The zero-order valence-corrected chi connectivity index (χ0v) is 14.0. The number of aromatic nitrogens is 4. The van der Waals surface area contributed by atoms with Crippen molar-refractivity contribution in [2.24, 2.45) is 0 Å². The van der Waals surface area contributed by atoms with Crippen LogP contribution in [-0.4, -0.2) is 50.6 Å². The molecule has 8 heteroatoms. The number of rotatable bonds is 2. The van der Waals surface area contributed by atoms with Gasteiger partial charge in [0.1, 0.15) is 6.10 Å². The number of hydrogen-bond acceptors (Lipinski definition) is 7. The summed E-state index contributed by atoms with van der Waals surface area (Å²) >= 11 is 0. The van der Waals surface area contributed by atoms with Crippen LogP contribution in [0.3, 0.4) is 0 Å². The first kappa shape index (κ1) is 15.6. The van der Waals surface area contributed by atoms with Crippen molar-refractivity contribution in [2.45, 2.75) is 20.0 Å². The summed E-state index contributed by atoms with van der Waals surface area (Å²) in [5.74, 6) is -0.0843. The molecule has 0 N–H and O–H groups in total. The Morgan fingerprint density at radius 1 is 1.32 bits per heavy atom.